The lowest BCUT2D eigenvalue weighted by Crippen LogP contribution is -2.35. The van der Waals surface area contributed by atoms with Crippen LogP contribution in [0.3, 0.4) is 0 Å². The van der Waals surface area contributed by atoms with Gasteiger partial charge in [-0.05, 0) is 26.0 Å². The quantitative estimate of drug-likeness (QED) is 0.626. The standard InChI is InChI=1S/C10H13NO3S/c1-6(2)11-10(13)9(12)7-4-5-8(14-3)15-7/h4-6H,1-3H3,(H,11,13). The van der Waals surface area contributed by atoms with Crippen LogP contribution in [0.1, 0.15) is 23.5 Å². The van der Waals surface area contributed by atoms with Crippen molar-refractivity contribution in [2.24, 2.45) is 0 Å². The number of Topliss-reactive ketones (excluding diaryl/α,β-unsaturated/α-hetero) is 1. The Balaban J connectivity index is 2.72. The van der Waals surface area contributed by atoms with Crippen LogP contribution in [0.25, 0.3) is 0 Å². The smallest absolute Gasteiger partial charge is 0.293 e. The molecule has 1 aromatic rings. The first-order valence-electron chi connectivity index (χ1n) is 4.53. The van der Waals surface area contributed by atoms with E-state index in [0.29, 0.717) is 9.94 Å². The van der Waals surface area contributed by atoms with E-state index in [1.165, 1.54) is 7.11 Å². The van der Waals surface area contributed by atoms with E-state index in [-0.39, 0.29) is 6.04 Å². The molecule has 82 valence electrons. The minimum Gasteiger partial charge on any atom is -0.487 e. The van der Waals surface area contributed by atoms with Gasteiger partial charge in [0.25, 0.3) is 11.7 Å². The topological polar surface area (TPSA) is 55.4 Å². The van der Waals surface area contributed by atoms with Crippen LogP contribution in [0.5, 0.6) is 5.06 Å². The van der Waals surface area contributed by atoms with Crippen LogP contribution in [0, 0.1) is 0 Å². The molecule has 0 atom stereocenters. The van der Waals surface area contributed by atoms with Gasteiger partial charge in [-0.15, -0.1) is 0 Å². The van der Waals surface area contributed by atoms with E-state index in [1.54, 1.807) is 26.0 Å². The molecule has 0 aliphatic heterocycles. The van der Waals surface area contributed by atoms with Gasteiger partial charge < -0.3 is 10.1 Å². The van der Waals surface area contributed by atoms with Gasteiger partial charge in [-0.25, -0.2) is 0 Å². The van der Waals surface area contributed by atoms with Gasteiger partial charge in [0.2, 0.25) is 0 Å². The average molecular weight is 227 g/mol. The molecule has 1 amide bonds. The lowest BCUT2D eigenvalue weighted by molar-refractivity contribution is -0.117. The third-order valence-corrected chi connectivity index (χ3v) is 2.68. The number of methoxy groups -OCH3 is 1. The van der Waals surface area contributed by atoms with Gasteiger partial charge in [-0.1, -0.05) is 11.3 Å². The predicted octanol–water partition coefficient (Wildman–Crippen LogP) is 1.46. The monoisotopic (exact) mass is 227 g/mol. The predicted molar refractivity (Wildman–Crippen MR) is 58.5 cm³/mol. The van der Waals surface area contributed by atoms with Crippen LogP contribution < -0.4 is 10.1 Å². The average Bonchev–Trinajstić information content (AvgIpc) is 2.63. The maximum absolute atomic E-state index is 11.6. The Morgan fingerprint density at radius 1 is 1.40 bits per heavy atom. The zero-order chi connectivity index (χ0) is 11.4. The Labute approximate surface area is 92.2 Å². The highest BCUT2D eigenvalue weighted by molar-refractivity contribution is 7.16. The fraction of sp³-hybridized carbons (Fsp3) is 0.400. The molecule has 0 spiro atoms. The second-order valence-corrected chi connectivity index (χ2v) is 4.33. The van der Waals surface area contributed by atoms with E-state index >= 15 is 0 Å². The van der Waals surface area contributed by atoms with Crippen LogP contribution in [0.15, 0.2) is 12.1 Å². The summed E-state index contributed by atoms with van der Waals surface area (Å²) in [7, 11) is 1.52. The van der Waals surface area contributed by atoms with Crippen molar-refractivity contribution in [2.75, 3.05) is 7.11 Å². The number of hydrogen-bond acceptors (Lipinski definition) is 4. The number of rotatable bonds is 4. The normalized spacial score (nSPS) is 10.1. The summed E-state index contributed by atoms with van der Waals surface area (Å²) in [6, 6.07) is 3.22. The van der Waals surface area contributed by atoms with Crippen molar-refractivity contribution in [1.29, 1.82) is 0 Å². The van der Waals surface area contributed by atoms with Crippen LogP contribution in [0.4, 0.5) is 0 Å². The number of ketones is 1. The maximum atomic E-state index is 11.6. The van der Waals surface area contributed by atoms with E-state index < -0.39 is 11.7 Å². The van der Waals surface area contributed by atoms with E-state index in [2.05, 4.69) is 5.32 Å². The molecule has 5 heteroatoms. The molecular formula is C10H13NO3S. The SMILES string of the molecule is COc1ccc(C(=O)C(=O)NC(C)C)s1. The summed E-state index contributed by atoms with van der Waals surface area (Å²) in [6.45, 7) is 3.61. The summed E-state index contributed by atoms with van der Waals surface area (Å²) in [5, 5.41) is 3.17. The molecule has 15 heavy (non-hydrogen) atoms. The summed E-state index contributed by atoms with van der Waals surface area (Å²) in [6.07, 6.45) is 0. The number of hydrogen-bond donors (Lipinski definition) is 1. The number of thiophene rings is 1. The lowest BCUT2D eigenvalue weighted by Gasteiger charge is -2.05. The molecule has 1 rings (SSSR count). The minimum absolute atomic E-state index is 0.0386. The fourth-order valence-electron chi connectivity index (χ4n) is 0.992. The summed E-state index contributed by atoms with van der Waals surface area (Å²) in [5.41, 5.74) is 0. The number of carbonyl (C=O) groups is 2. The van der Waals surface area contributed by atoms with Crippen molar-refractivity contribution in [1.82, 2.24) is 5.32 Å². The molecule has 0 bridgehead atoms. The van der Waals surface area contributed by atoms with Crippen molar-refractivity contribution in [3.63, 3.8) is 0 Å². The van der Waals surface area contributed by atoms with E-state index in [4.69, 9.17) is 4.74 Å². The second kappa shape index (κ2) is 4.93. The van der Waals surface area contributed by atoms with Crippen molar-refractivity contribution >= 4 is 23.0 Å². The van der Waals surface area contributed by atoms with Gasteiger partial charge in [0.1, 0.15) is 0 Å². The van der Waals surface area contributed by atoms with E-state index in [1.807, 2.05) is 0 Å². The highest BCUT2D eigenvalue weighted by Gasteiger charge is 2.18. The van der Waals surface area contributed by atoms with Crippen molar-refractivity contribution in [3.8, 4) is 5.06 Å². The molecule has 0 aliphatic carbocycles. The van der Waals surface area contributed by atoms with Gasteiger partial charge in [-0.2, -0.15) is 0 Å². The van der Waals surface area contributed by atoms with Gasteiger partial charge in [0.15, 0.2) is 5.06 Å². The first kappa shape index (κ1) is 11.7. The molecule has 0 unspecified atom stereocenters. The Hall–Kier alpha value is -1.36. The summed E-state index contributed by atoms with van der Waals surface area (Å²) in [4.78, 5) is 23.3. The third kappa shape index (κ3) is 3.06. The zero-order valence-corrected chi connectivity index (χ0v) is 9.68. The largest absolute Gasteiger partial charge is 0.487 e. The summed E-state index contributed by atoms with van der Waals surface area (Å²) in [5.74, 6) is -1.09. The molecule has 1 N–H and O–H groups in total. The number of carbonyl (C=O) groups excluding carboxylic acids is 2. The molecule has 0 saturated carbocycles. The third-order valence-electron chi connectivity index (χ3n) is 1.63. The Kier molecular flexibility index (Phi) is 3.85. The van der Waals surface area contributed by atoms with Crippen LogP contribution >= 0.6 is 11.3 Å². The second-order valence-electron chi connectivity index (χ2n) is 3.28. The van der Waals surface area contributed by atoms with Crippen molar-refractivity contribution in [3.05, 3.63) is 17.0 Å². The summed E-state index contributed by atoms with van der Waals surface area (Å²) >= 11 is 1.16. The highest BCUT2D eigenvalue weighted by atomic mass is 32.1. The Morgan fingerprint density at radius 2 is 2.07 bits per heavy atom. The molecular weight excluding hydrogens is 214 g/mol. The first-order chi connectivity index (χ1) is 7.04. The van der Waals surface area contributed by atoms with Gasteiger partial charge >= 0.3 is 0 Å². The van der Waals surface area contributed by atoms with Gasteiger partial charge in [-0.3, -0.25) is 9.59 Å². The van der Waals surface area contributed by atoms with Gasteiger partial charge in [0.05, 0.1) is 12.0 Å². The van der Waals surface area contributed by atoms with Crippen LogP contribution in [0.2, 0.25) is 0 Å². The summed E-state index contributed by atoms with van der Waals surface area (Å²) < 4.78 is 4.94. The number of amides is 1. The van der Waals surface area contributed by atoms with Gasteiger partial charge in [0, 0.05) is 6.04 Å². The molecule has 0 fully saturated rings. The molecule has 1 heterocycles. The molecule has 0 aromatic carbocycles. The highest BCUT2D eigenvalue weighted by Crippen LogP contribution is 2.24. The van der Waals surface area contributed by atoms with Crippen molar-refractivity contribution < 1.29 is 14.3 Å². The molecule has 4 nitrogen and oxygen atoms in total. The van der Waals surface area contributed by atoms with Crippen LogP contribution in [-0.4, -0.2) is 24.8 Å². The Bertz CT molecular complexity index is 370. The lowest BCUT2D eigenvalue weighted by atomic mass is 10.3. The van der Waals surface area contributed by atoms with E-state index in [0.717, 1.165) is 11.3 Å². The Morgan fingerprint density at radius 3 is 2.53 bits per heavy atom. The molecule has 0 aliphatic rings. The first-order valence-corrected chi connectivity index (χ1v) is 5.35. The fourth-order valence-corrected chi connectivity index (χ4v) is 1.75. The minimum atomic E-state index is -0.575. The number of ether oxygens (including phenoxy) is 1. The van der Waals surface area contributed by atoms with Crippen LogP contribution in [-0.2, 0) is 4.79 Å². The molecule has 0 radical (unpaired) electrons. The molecule has 1 aromatic heterocycles. The van der Waals surface area contributed by atoms with E-state index in [9.17, 15) is 9.59 Å². The number of nitrogens with one attached hydrogen (secondary N) is 1. The zero-order valence-electron chi connectivity index (χ0n) is 8.87. The maximum Gasteiger partial charge on any atom is 0.293 e. The molecule has 0 saturated heterocycles. The van der Waals surface area contributed by atoms with Crippen molar-refractivity contribution in [2.45, 2.75) is 19.9 Å².